The van der Waals surface area contributed by atoms with Gasteiger partial charge in [-0.1, -0.05) is 44.2 Å². The predicted molar refractivity (Wildman–Crippen MR) is 80.6 cm³/mol. The summed E-state index contributed by atoms with van der Waals surface area (Å²) in [6.07, 6.45) is 0.791. The predicted octanol–water partition coefficient (Wildman–Crippen LogP) is 4.82. The highest BCUT2D eigenvalue weighted by molar-refractivity contribution is 5.33. The molecule has 0 bridgehead atoms. The van der Waals surface area contributed by atoms with Crippen molar-refractivity contribution in [1.29, 1.82) is 5.26 Å². The maximum atomic E-state index is 9.13. The summed E-state index contributed by atoms with van der Waals surface area (Å²) in [6, 6.07) is 20.1. The van der Waals surface area contributed by atoms with Crippen LogP contribution in [0.25, 0.3) is 0 Å². The second kappa shape index (κ2) is 6.77. The van der Waals surface area contributed by atoms with Gasteiger partial charge in [0, 0.05) is 0 Å². The molecule has 0 radical (unpaired) electrons. The number of nitriles is 1. The molecule has 20 heavy (non-hydrogen) atoms. The fraction of sp³-hybridized carbons (Fsp3) is 0.278. The van der Waals surface area contributed by atoms with Crippen LogP contribution >= 0.6 is 0 Å². The molecule has 2 heteroatoms. The summed E-state index contributed by atoms with van der Waals surface area (Å²) in [4.78, 5) is 0. The lowest BCUT2D eigenvalue weighted by Gasteiger charge is -2.13. The molecule has 0 aromatic heterocycles. The topological polar surface area (TPSA) is 33.0 Å². The van der Waals surface area contributed by atoms with Crippen LogP contribution < -0.4 is 4.74 Å². The standard InChI is InChI=1S/C18H19NO/c1-14(2)16(13-19)12-15-8-10-18(11-9-15)20-17-6-4-3-5-7-17/h3-11,14,16H,12H2,1-2H3. The second-order valence-corrected chi connectivity index (χ2v) is 5.24. The molecule has 0 saturated heterocycles. The highest BCUT2D eigenvalue weighted by Gasteiger charge is 2.12. The average molecular weight is 265 g/mol. The van der Waals surface area contributed by atoms with Crippen molar-refractivity contribution in [2.24, 2.45) is 11.8 Å². The van der Waals surface area contributed by atoms with E-state index in [1.54, 1.807) is 0 Å². The molecule has 102 valence electrons. The molecule has 2 nitrogen and oxygen atoms in total. The molecule has 0 heterocycles. The van der Waals surface area contributed by atoms with Gasteiger partial charge in [0.25, 0.3) is 0 Å². The van der Waals surface area contributed by atoms with E-state index in [-0.39, 0.29) is 5.92 Å². The minimum absolute atomic E-state index is 0.0656. The number of hydrogen-bond acceptors (Lipinski definition) is 2. The Bertz CT molecular complexity index is 567. The van der Waals surface area contributed by atoms with Gasteiger partial charge in [-0.15, -0.1) is 0 Å². The van der Waals surface area contributed by atoms with E-state index in [1.807, 2.05) is 54.6 Å². The molecule has 0 aliphatic rings. The highest BCUT2D eigenvalue weighted by atomic mass is 16.5. The van der Waals surface area contributed by atoms with Crippen molar-refractivity contribution in [3.63, 3.8) is 0 Å². The zero-order chi connectivity index (χ0) is 14.4. The molecule has 0 aliphatic heterocycles. The van der Waals surface area contributed by atoms with Crippen LogP contribution in [-0.2, 0) is 6.42 Å². The summed E-state index contributed by atoms with van der Waals surface area (Å²) >= 11 is 0. The monoisotopic (exact) mass is 265 g/mol. The molecule has 2 rings (SSSR count). The Balaban J connectivity index is 2.02. The molecular weight excluding hydrogens is 246 g/mol. The lowest BCUT2D eigenvalue weighted by atomic mass is 9.90. The highest BCUT2D eigenvalue weighted by Crippen LogP contribution is 2.23. The van der Waals surface area contributed by atoms with Gasteiger partial charge in [-0.25, -0.2) is 0 Å². The van der Waals surface area contributed by atoms with Crippen LogP contribution in [0.1, 0.15) is 19.4 Å². The van der Waals surface area contributed by atoms with Gasteiger partial charge in [0.1, 0.15) is 11.5 Å². The molecule has 1 atom stereocenters. The number of benzene rings is 2. The second-order valence-electron chi connectivity index (χ2n) is 5.24. The van der Waals surface area contributed by atoms with Crippen LogP contribution in [0, 0.1) is 23.2 Å². The van der Waals surface area contributed by atoms with Crippen LogP contribution in [0.5, 0.6) is 11.5 Å². The molecular formula is C18H19NO. The normalized spacial score (nSPS) is 11.9. The van der Waals surface area contributed by atoms with Crippen molar-refractivity contribution in [2.75, 3.05) is 0 Å². The summed E-state index contributed by atoms with van der Waals surface area (Å²) in [6.45, 7) is 4.17. The third kappa shape index (κ3) is 3.86. The minimum atomic E-state index is 0.0656. The van der Waals surface area contributed by atoms with E-state index < -0.39 is 0 Å². The van der Waals surface area contributed by atoms with Crippen molar-refractivity contribution < 1.29 is 4.74 Å². The molecule has 1 unspecified atom stereocenters. The van der Waals surface area contributed by atoms with Gasteiger partial charge in [-0.05, 0) is 42.2 Å². The Morgan fingerprint density at radius 1 is 0.950 bits per heavy atom. The van der Waals surface area contributed by atoms with E-state index in [4.69, 9.17) is 10.00 Å². The quantitative estimate of drug-likeness (QED) is 0.776. The first-order valence-electron chi connectivity index (χ1n) is 6.90. The van der Waals surface area contributed by atoms with Gasteiger partial charge in [0.05, 0.1) is 12.0 Å². The number of ether oxygens (including phenoxy) is 1. The molecule has 2 aromatic carbocycles. The van der Waals surface area contributed by atoms with Gasteiger partial charge < -0.3 is 4.74 Å². The summed E-state index contributed by atoms with van der Waals surface area (Å²) in [5, 5.41) is 9.13. The number of para-hydroxylation sites is 1. The van der Waals surface area contributed by atoms with E-state index >= 15 is 0 Å². The first kappa shape index (κ1) is 14.1. The third-order valence-corrected chi connectivity index (χ3v) is 3.33. The molecule has 0 spiro atoms. The van der Waals surface area contributed by atoms with Gasteiger partial charge in [0.2, 0.25) is 0 Å². The Morgan fingerprint density at radius 3 is 2.10 bits per heavy atom. The van der Waals surface area contributed by atoms with E-state index in [1.165, 1.54) is 5.56 Å². The van der Waals surface area contributed by atoms with E-state index in [0.717, 1.165) is 17.9 Å². The summed E-state index contributed by atoms with van der Waals surface area (Å²) in [7, 11) is 0. The van der Waals surface area contributed by atoms with Gasteiger partial charge in [-0.2, -0.15) is 5.26 Å². The molecule has 0 fully saturated rings. The fourth-order valence-electron chi connectivity index (χ4n) is 2.00. The fourth-order valence-corrected chi connectivity index (χ4v) is 2.00. The Hall–Kier alpha value is -2.27. The first-order valence-corrected chi connectivity index (χ1v) is 6.90. The smallest absolute Gasteiger partial charge is 0.127 e. The van der Waals surface area contributed by atoms with Gasteiger partial charge in [0.15, 0.2) is 0 Å². The van der Waals surface area contributed by atoms with Crippen molar-refractivity contribution in [3.05, 3.63) is 60.2 Å². The lowest BCUT2D eigenvalue weighted by Crippen LogP contribution is -2.09. The van der Waals surface area contributed by atoms with Gasteiger partial charge in [-0.3, -0.25) is 0 Å². The molecule has 2 aromatic rings. The molecule has 0 N–H and O–H groups in total. The zero-order valence-corrected chi connectivity index (χ0v) is 11.9. The van der Waals surface area contributed by atoms with Crippen molar-refractivity contribution in [3.8, 4) is 17.6 Å². The van der Waals surface area contributed by atoms with Crippen LogP contribution in [-0.4, -0.2) is 0 Å². The van der Waals surface area contributed by atoms with Crippen LogP contribution in [0.4, 0.5) is 0 Å². The van der Waals surface area contributed by atoms with Crippen LogP contribution in [0.3, 0.4) is 0 Å². The Kier molecular flexibility index (Phi) is 4.79. The average Bonchev–Trinajstić information content (AvgIpc) is 2.47. The molecule has 0 amide bonds. The van der Waals surface area contributed by atoms with Crippen molar-refractivity contribution in [2.45, 2.75) is 20.3 Å². The number of rotatable bonds is 5. The SMILES string of the molecule is CC(C)C(C#N)Cc1ccc(Oc2ccccc2)cc1. The summed E-state index contributed by atoms with van der Waals surface area (Å²) < 4.78 is 5.75. The number of nitrogens with zero attached hydrogens (tertiary/aromatic N) is 1. The lowest BCUT2D eigenvalue weighted by molar-refractivity contribution is 0.471. The summed E-state index contributed by atoms with van der Waals surface area (Å²) in [5.41, 5.74) is 1.17. The maximum absolute atomic E-state index is 9.13. The Morgan fingerprint density at radius 2 is 1.55 bits per heavy atom. The maximum Gasteiger partial charge on any atom is 0.127 e. The summed E-state index contributed by atoms with van der Waals surface area (Å²) in [5.74, 6) is 2.09. The zero-order valence-electron chi connectivity index (χ0n) is 11.9. The Labute approximate surface area is 120 Å². The number of hydrogen-bond donors (Lipinski definition) is 0. The van der Waals surface area contributed by atoms with E-state index in [0.29, 0.717) is 5.92 Å². The molecule has 0 aliphatic carbocycles. The largest absolute Gasteiger partial charge is 0.457 e. The minimum Gasteiger partial charge on any atom is -0.457 e. The van der Waals surface area contributed by atoms with Crippen molar-refractivity contribution >= 4 is 0 Å². The molecule has 0 saturated carbocycles. The van der Waals surface area contributed by atoms with Crippen LogP contribution in [0.2, 0.25) is 0 Å². The van der Waals surface area contributed by atoms with E-state index in [2.05, 4.69) is 19.9 Å². The van der Waals surface area contributed by atoms with Gasteiger partial charge >= 0.3 is 0 Å². The van der Waals surface area contributed by atoms with Crippen molar-refractivity contribution in [1.82, 2.24) is 0 Å². The third-order valence-electron chi connectivity index (χ3n) is 3.33. The van der Waals surface area contributed by atoms with Crippen LogP contribution in [0.15, 0.2) is 54.6 Å². The first-order chi connectivity index (χ1) is 9.69. The van der Waals surface area contributed by atoms with E-state index in [9.17, 15) is 0 Å².